The van der Waals surface area contributed by atoms with Crippen molar-refractivity contribution >= 4 is 23.8 Å². The van der Waals surface area contributed by atoms with Gasteiger partial charge < -0.3 is 14.6 Å². The lowest BCUT2D eigenvalue weighted by Gasteiger charge is -2.39. The van der Waals surface area contributed by atoms with E-state index in [-0.39, 0.29) is 5.78 Å². The van der Waals surface area contributed by atoms with E-state index in [0.29, 0.717) is 43.1 Å². The third-order valence-corrected chi connectivity index (χ3v) is 9.55. The van der Waals surface area contributed by atoms with Crippen LogP contribution in [-0.2, 0) is 24.3 Å². The van der Waals surface area contributed by atoms with E-state index in [1.54, 1.807) is 13.3 Å². The number of carbonyl (C=O) groups excluding carboxylic acids is 2. The average Bonchev–Trinajstić information content (AvgIpc) is 3.33. The Labute approximate surface area is 279 Å². The standard InChI is InChI=1S/C28H37N3O2.C10H12ClNO/c1-21-9-4-5-11-28(33-3)22(2)30(20-21)15-8-16-31-24-12-13-25(31)18-23(17-24)19-27(32)26-10-6-7-14-29-26;1-2-9-4-3-8(5-10(9)11)6-12-7-13/h4-7,9-11,14,20,23-25H,8,12-13,15-19H2,1-3H3;3-5,7H,2,6H2,1H3,(H,12,13). The number of methoxy groups -OCH3 is 1. The molecule has 46 heavy (non-hydrogen) atoms. The molecular formula is C38H49ClN4O3. The number of carbonyl (C=O) groups is 2. The summed E-state index contributed by atoms with van der Waals surface area (Å²) in [4.78, 5) is 29.7. The highest BCUT2D eigenvalue weighted by atomic mass is 35.5. The lowest BCUT2D eigenvalue weighted by atomic mass is 9.86. The maximum atomic E-state index is 12.6. The zero-order valence-electron chi connectivity index (χ0n) is 27.8. The Morgan fingerprint density at radius 3 is 2.43 bits per heavy atom. The van der Waals surface area contributed by atoms with E-state index in [1.165, 1.54) is 18.4 Å². The van der Waals surface area contributed by atoms with Gasteiger partial charge in [-0.25, -0.2) is 0 Å². The number of hydrogen-bond acceptors (Lipinski definition) is 5. The quantitative estimate of drug-likeness (QED) is 0.162. The molecule has 3 aromatic rings. The molecule has 7 nitrogen and oxygen atoms in total. The van der Waals surface area contributed by atoms with Crippen LogP contribution in [0.1, 0.15) is 78.3 Å². The van der Waals surface area contributed by atoms with Gasteiger partial charge in [-0.1, -0.05) is 54.9 Å². The number of aryl methyl sites for hydroxylation is 3. The van der Waals surface area contributed by atoms with Crippen molar-refractivity contribution in [3.05, 3.63) is 106 Å². The molecule has 2 saturated heterocycles. The van der Waals surface area contributed by atoms with Crippen molar-refractivity contribution in [1.82, 2.24) is 19.8 Å². The summed E-state index contributed by atoms with van der Waals surface area (Å²) < 4.78 is 7.95. The summed E-state index contributed by atoms with van der Waals surface area (Å²) in [6, 6.07) is 20.9. The van der Waals surface area contributed by atoms with Crippen LogP contribution in [0.15, 0.2) is 73.1 Å². The Kier molecular flexibility index (Phi) is 13.7. The number of fused-ring (bicyclic) bond motifs is 2. The van der Waals surface area contributed by atoms with Crippen LogP contribution in [0.5, 0.6) is 5.75 Å². The van der Waals surface area contributed by atoms with Crippen molar-refractivity contribution in [3.63, 3.8) is 0 Å². The summed E-state index contributed by atoms with van der Waals surface area (Å²) in [5, 5.41) is 3.36. The molecule has 0 spiro atoms. The number of ketones is 1. The number of ether oxygens (including phenoxy) is 1. The van der Waals surface area contributed by atoms with Crippen molar-refractivity contribution in [2.24, 2.45) is 5.92 Å². The van der Waals surface area contributed by atoms with Gasteiger partial charge in [0.05, 0.1) is 12.8 Å². The Balaban J connectivity index is 0.000000310. The van der Waals surface area contributed by atoms with Crippen LogP contribution in [0.25, 0.3) is 0 Å². The summed E-state index contributed by atoms with van der Waals surface area (Å²) in [5.41, 5.74) is 5.15. The predicted molar refractivity (Wildman–Crippen MR) is 186 cm³/mol. The molecule has 2 aromatic heterocycles. The van der Waals surface area contributed by atoms with Crippen molar-refractivity contribution < 1.29 is 14.3 Å². The van der Waals surface area contributed by atoms with E-state index in [9.17, 15) is 9.59 Å². The molecule has 0 radical (unpaired) electrons. The first-order valence-corrected chi connectivity index (χ1v) is 16.9. The van der Waals surface area contributed by atoms with E-state index < -0.39 is 0 Å². The summed E-state index contributed by atoms with van der Waals surface area (Å²) >= 11 is 5.99. The zero-order chi connectivity index (χ0) is 32.9. The molecule has 2 aliphatic rings. The minimum absolute atomic E-state index is 0.197. The fourth-order valence-corrected chi connectivity index (χ4v) is 7.17. The summed E-state index contributed by atoms with van der Waals surface area (Å²) in [5.74, 6) is 1.59. The summed E-state index contributed by atoms with van der Waals surface area (Å²) in [6.45, 7) is 8.94. The lowest BCUT2D eigenvalue weighted by molar-refractivity contribution is -0.109. The molecule has 2 fully saturated rings. The maximum absolute atomic E-state index is 12.6. The van der Waals surface area contributed by atoms with Crippen LogP contribution in [-0.4, -0.2) is 52.4 Å². The Hall–Kier alpha value is -3.68. The van der Waals surface area contributed by atoms with Gasteiger partial charge in [0.15, 0.2) is 5.78 Å². The van der Waals surface area contributed by atoms with Crippen molar-refractivity contribution in [3.8, 4) is 5.75 Å². The Morgan fingerprint density at radius 1 is 1.04 bits per heavy atom. The number of benzene rings is 1. The number of nitrogens with zero attached hydrogens (tertiary/aromatic N) is 3. The number of rotatable bonds is 12. The van der Waals surface area contributed by atoms with Gasteiger partial charge >= 0.3 is 0 Å². The van der Waals surface area contributed by atoms with Crippen molar-refractivity contribution in [2.75, 3.05) is 13.7 Å². The number of nitrogens with one attached hydrogen (secondary N) is 1. The minimum Gasteiger partial charge on any atom is -0.495 e. The molecule has 1 aromatic carbocycles. The number of aromatic nitrogens is 2. The fraction of sp³-hybridized carbons (Fsp3) is 0.447. The van der Waals surface area contributed by atoms with Gasteiger partial charge in [0.25, 0.3) is 0 Å². The van der Waals surface area contributed by atoms with Crippen LogP contribution in [0.2, 0.25) is 5.02 Å². The molecule has 4 heterocycles. The number of halogens is 1. The summed E-state index contributed by atoms with van der Waals surface area (Å²) in [6.07, 6.45) is 12.1. The van der Waals surface area contributed by atoms with Gasteiger partial charge in [-0.05, 0) is 99.2 Å². The second kappa shape index (κ2) is 17.9. The first-order chi connectivity index (χ1) is 22.3. The SMILES string of the molecule is CCc1ccc(CNC=O)cc1Cl.COc1ccccc(C)cn(CCCN2C3CCC2CC(CC(=O)c2ccccn2)C3)c1C. The van der Waals surface area contributed by atoms with E-state index in [0.717, 1.165) is 66.4 Å². The molecule has 0 aliphatic carbocycles. The van der Waals surface area contributed by atoms with Crippen molar-refractivity contribution in [2.45, 2.75) is 90.9 Å². The molecule has 2 unspecified atom stereocenters. The molecule has 5 rings (SSSR count). The molecule has 0 saturated carbocycles. The molecule has 2 aliphatic heterocycles. The Morgan fingerprint density at radius 2 is 1.78 bits per heavy atom. The normalized spacial score (nSPS) is 18.6. The predicted octanol–water partition coefficient (Wildman–Crippen LogP) is 7.69. The highest BCUT2D eigenvalue weighted by Gasteiger charge is 2.40. The second-order valence-electron chi connectivity index (χ2n) is 12.4. The molecule has 1 N–H and O–H groups in total. The molecule has 2 atom stereocenters. The Bertz CT molecular complexity index is 1480. The third-order valence-electron chi connectivity index (χ3n) is 9.19. The van der Waals surface area contributed by atoms with E-state index in [1.807, 2.05) is 48.5 Å². The summed E-state index contributed by atoms with van der Waals surface area (Å²) in [7, 11) is 1.74. The lowest BCUT2D eigenvalue weighted by Crippen LogP contribution is -2.44. The monoisotopic (exact) mass is 644 g/mol. The average molecular weight is 645 g/mol. The maximum Gasteiger partial charge on any atom is 0.207 e. The molecule has 8 heteroatoms. The van der Waals surface area contributed by atoms with Crippen LogP contribution in [0.4, 0.5) is 0 Å². The number of hydrogen-bond donors (Lipinski definition) is 1. The van der Waals surface area contributed by atoms with E-state index in [2.05, 4.69) is 58.9 Å². The molecular weight excluding hydrogens is 596 g/mol. The number of amides is 1. The minimum atomic E-state index is 0.197. The van der Waals surface area contributed by atoms with Gasteiger partial charge in [-0.3, -0.25) is 19.5 Å². The topological polar surface area (TPSA) is 76.5 Å². The molecule has 2 bridgehead atoms. The van der Waals surface area contributed by atoms with Crippen molar-refractivity contribution in [1.29, 1.82) is 0 Å². The molecule has 246 valence electrons. The number of pyridine rings is 1. The highest BCUT2D eigenvalue weighted by molar-refractivity contribution is 6.31. The van der Waals surface area contributed by atoms with E-state index >= 15 is 0 Å². The van der Waals surface area contributed by atoms with Gasteiger partial charge in [0.1, 0.15) is 11.4 Å². The fourth-order valence-electron chi connectivity index (χ4n) is 6.83. The van der Waals surface area contributed by atoms with Gasteiger partial charge in [0, 0.05) is 55.6 Å². The van der Waals surface area contributed by atoms with Crippen LogP contribution < -0.4 is 10.1 Å². The largest absolute Gasteiger partial charge is 0.495 e. The number of piperidine rings is 1. The zero-order valence-corrected chi connectivity index (χ0v) is 28.5. The van der Waals surface area contributed by atoms with Gasteiger partial charge in [-0.2, -0.15) is 0 Å². The van der Waals surface area contributed by atoms with Crippen LogP contribution >= 0.6 is 11.6 Å². The van der Waals surface area contributed by atoms with Crippen LogP contribution in [0.3, 0.4) is 0 Å². The first-order valence-electron chi connectivity index (χ1n) is 16.5. The molecule has 1 amide bonds. The van der Waals surface area contributed by atoms with Crippen LogP contribution in [0, 0.1) is 19.8 Å². The smallest absolute Gasteiger partial charge is 0.207 e. The first kappa shape index (κ1) is 35.2. The second-order valence-corrected chi connectivity index (χ2v) is 12.8. The van der Waals surface area contributed by atoms with Gasteiger partial charge in [0.2, 0.25) is 6.41 Å². The van der Waals surface area contributed by atoms with E-state index in [4.69, 9.17) is 16.3 Å². The highest BCUT2D eigenvalue weighted by Crippen LogP contribution is 2.40. The number of Topliss-reactive ketones (excluding diaryl/α,β-unsaturated/α-hetero) is 1. The third kappa shape index (κ3) is 9.91. The van der Waals surface area contributed by atoms with Gasteiger partial charge in [-0.15, -0.1) is 0 Å².